The van der Waals surface area contributed by atoms with Gasteiger partial charge in [-0.3, -0.25) is 4.79 Å². The van der Waals surface area contributed by atoms with Crippen molar-refractivity contribution in [3.8, 4) is 0 Å². The van der Waals surface area contributed by atoms with Gasteiger partial charge in [-0.05, 0) is 59.6 Å². The second kappa shape index (κ2) is 5.19. The Kier molecular flexibility index (Phi) is 4.23. The van der Waals surface area contributed by atoms with E-state index in [9.17, 15) is 9.59 Å². The quantitative estimate of drug-likeness (QED) is 0.834. The molecule has 0 fully saturated rings. The number of carbonyl (C=O) groups is 2. The van der Waals surface area contributed by atoms with Gasteiger partial charge >= 0.3 is 6.09 Å². The third kappa shape index (κ3) is 4.54. The Morgan fingerprint density at radius 1 is 1.37 bits per heavy atom. The van der Waals surface area contributed by atoms with Gasteiger partial charge in [-0.25, -0.2) is 4.79 Å². The maximum atomic E-state index is 11.8. The minimum absolute atomic E-state index is 0.00524. The van der Waals surface area contributed by atoms with Crippen molar-refractivity contribution in [2.45, 2.75) is 59.1 Å². The van der Waals surface area contributed by atoms with Gasteiger partial charge < -0.3 is 10.1 Å². The van der Waals surface area contributed by atoms with E-state index in [0.717, 1.165) is 5.57 Å². The molecule has 1 amide bonds. The lowest BCUT2D eigenvalue weighted by molar-refractivity contribution is -0.113. The highest BCUT2D eigenvalue weighted by Gasteiger charge is 2.30. The van der Waals surface area contributed by atoms with Crippen molar-refractivity contribution in [3.63, 3.8) is 0 Å². The van der Waals surface area contributed by atoms with Crippen LogP contribution >= 0.6 is 0 Å². The number of amides is 1. The fourth-order valence-electron chi connectivity index (χ4n) is 1.97. The summed E-state index contributed by atoms with van der Waals surface area (Å²) in [6.07, 6.45) is 3.96. The molecule has 0 saturated carbocycles. The SMILES string of the molecule is CC(=O)C1=CC(C)(NC(=O)OC(C)(C)C)CC=C1C. The smallest absolute Gasteiger partial charge is 0.408 e. The number of ether oxygens (including phenoxy) is 1. The molecule has 0 bridgehead atoms. The second-order valence-corrected chi connectivity index (χ2v) is 6.25. The molecule has 1 N–H and O–H groups in total. The Morgan fingerprint density at radius 2 is 1.95 bits per heavy atom. The predicted octanol–water partition coefficient (Wildman–Crippen LogP) is 3.14. The van der Waals surface area contributed by atoms with Crippen LogP contribution in [0.2, 0.25) is 0 Å². The average molecular weight is 265 g/mol. The minimum Gasteiger partial charge on any atom is -0.444 e. The Balaban J connectivity index is 2.84. The van der Waals surface area contributed by atoms with Crippen LogP contribution in [0.1, 0.15) is 48.0 Å². The Hall–Kier alpha value is -1.58. The lowest BCUT2D eigenvalue weighted by Crippen LogP contribution is -2.47. The molecule has 0 aromatic heterocycles. The average Bonchev–Trinajstić information content (AvgIpc) is 2.18. The molecule has 1 aliphatic rings. The molecule has 19 heavy (non-hydrogen) atoms. The summed E-state index contributed by atoms with van der Waals surface area (Å²) in [5.41, 5.74) is 0.498. The van der Waals surface area contributed by atoms with E-state index in [2.05, 4.69) is 5.32 Å². The number of carbonyl (C=O) groups excluding carboxylic acids is 2. The molecule has 1 aliphatic carbocycles. The molecule has 0 aromatic rings. The number of Topliss-reactive ketones (excluding diaryl/α,β-unsaturated/α-hetero) is 1. The van der Waals surface area contributed by atoms with Gasteiger partial charge in [-0.15, -0.1) is 0 Å². The first-order valence-corrected chi connectivity index (χ1v) is 6.44. The largest absolute Gasteiger partial charge is 0.444 e. The number of hydrogen-bond donors (Lipinski definition) is 1. The lowest BCUT2D eigenvalue weighted by Gasteiger charge is -2.32. The topological polar surface area (TPSA) is 55.4 Å². The van der Waals surface area contributed by atoms with Crippen LogP contribution in [0.5, 0.6) is 0 Å². The molecule has 0 aliphatic heterocycles. The Labute approximate surface area is 114 Å². The predicted molar refractivity (Wildman–Crippen MR) is 74.9 cm³/mol. The molecule has 4 nitrogen and oxygen atoms in total. The molecule has 0 aromatic carbocycles. The second-order valence-electron chi connectivity index (χ2n) is 6.25. The first-order valence-electron chi connectivity index (χ1n) is 6.44. The molecule has 0 heterocycles. The molecule has 0 spiro atoms. The summed E-state index contributed by atoms with van der Waals surface area (Å²) in [4.78, 5) is 23.4. The molecule has 1 unspecified atom stereocenters. The van der Waals surface area contributed by atoms with Gasteiger partial charge in [-0.1, -0.05) is 6.08 Å². The third-order valence-corrected chi connectivity index (χ3v) is 2.89. The summed E-state index contributed by atoms with van der Waals surface area (Å²) in [6, 6.07) is 0. The molecular formula is C15H23NO3. The van der Waals surface area contributed by atoms with Gasteiger partial charge in [0.05, 0.1) is 5.54 Å². The van der Waals surface area contributed by atoms with Gasteiger partial charge in [0, 0.05) is 5.57 Å². The minimum atomic E-state index is -0.581. The van der Waals surface area contributed by atoms with E-state index in [1.807, 2.05) is 46.8 Å². The Morgan fingerprint density at radius 3 is 2.42 bits per heavy atom. The van der Waals surface area contributed by atoms with E-state index in [4.69, 9.17) is 4.74 Å². The molecule has 1 atom stereocenters. The Bertz CT molecular complexity index is 455. The molecule has 0 saturated heterocycles. The first-order chi connectivity index (χ1) is 8.52. The normalized spacial score (nSPS) is 23.3. The van der Waals surface area contributed by atoms with Crippen molar-refractivity contribution in [1.29, 1.82) is 0 Å². The number of nitrogens with one attached hydrogen (secondary N) is 1. The van der Waals surface area contributed by atoms with E-state index >= 15 is 0 Å². The van der Waals surface area contributed by atoms with Crippen LogP contribution in [-0.2, 0) is 9.53 Å². The van der Waals surface area contributed by atoms with Crippen molar-refractivity contribution in [2.24, 2.45) is 0 Å². The van der Waals surface area contributed by atoms with Crippen molar-refractivity contribution < 1.29 is 14.3 Å². The first kappa shape index (κ1) is 15.5. The van der Waals surface area contributed by atoms with E-state index in [0.29, 0.717) is 12.0 Å². The van der Waals surface area contributed by atoms with E-state index in [1.165, 1.54) is 6.92 Å². The van der Waals surface area contributed by atoms with E-state index in [1.54, 1.807) is 0 Å². The van der Waals surface area contributed by atoms with Crippen LogP contribution in [-0.4, -0.2) is 23.0 Å². The van der Waals surface area contributed by atoms with Crippen LogP contribution in [0.25, 0.3) is 0 Å². The fourth-order valence-corrected chi connectivity index (χ4v) is 1.97. The lowest BCUT2D eigenvalue weighted by atomic mass is 9.85. The molecule has 1 rings (SSSR count). The highest BCUT2D eigenvalue weighted by atomic mass is 16.6. The van der Waals surface area contributed by atoms with Gasteiger partial charge in [0.1, 0.15) is 5.60 Å². The molecular weight excluding hydrogens is 242 g/mol. The van der Waals surface area contributed by atoms with Gasteiger partial charge in [0.2, 0.25) is 0 Å². The molecule has 4 heteroatoms. The maximum Gasteiger partial charge on any atom is 0.408 e. The summed E-state index contributed by atoms with van der Waals surface area (Å²) >= 11 is 0. The highest BCUT2D eigenvalue weighted by molar-refractivity contribution is 5.98. The molecule has 0 radical (unpaired) electrons. The van der Waals surface area contributed by atoms with Crippen molar-refractivity contribution in [2.75, 3.05) is 0 Å². The highest BCUT2D eigenvalue weighted by Crippen LogP contribution is 2.26. The van der Waals surface area contributed by atoms with Crippen molar-refractivity contribution in [1.82, 2.24) is 5.32 Å². The third-order valence-electron chi connectivity index (χ3n) is 2.89. The van der Waals surface area contributed by atoms with E-state index in [-0.39, 0.29) is 5.78 Å². The van der Waals surface area contributed by atoms with Crippen molar-refractivity contribution in [3.05, 3.63) is 23.3 Å². The standard InChI is InChI=1S/C15H23NO3/c1-10-7-8-15(6,9-12(10)11(2)17)16-13(18)19-14(3,4)5/h7,9H,8H2,1-6H3,(H,16,18). The van der Waals surface area contributed by atoms with Gasteiger partial charge in [-0.2, -0.15) is 0 Å². The van der Waals surface area contributed by atoms with Crippen molar-refractivity contribution >= 4 is 11.9 Å². The number of hydrogen-bond acceptors (Lipinski definition) is 3. The summed E-state index contributed by atoms with van der Waals surface area (Å²) in [5, 5.41) is 2.82. The number of rotatable bonds is 2. The van der Waals surface area contributed by atoms with Crippen LogP contribution in [0.4, 0.5) is 4.79 Å². The molecule has 106 valence electrons. The van der Waals surface area contributed by atoms with Gasteiger partial charge in [0.15, 0.2) is 5.78 Å². The van der Waals surface area contributed by atoms with Crippen LogP contribution in [0.15, 0.2) is 23.3 Å². The maximum absolute atomic E-state index is 11.8. The summed E-state index contributed by atoms with van der Waals surface area (Å²) in [7, 11) is 0. The zero-order valence-corrected chi connectivity index (χ0v) is 12.6. The zero-order chi connectivity index (χ0) is 14.8. The summed E-state index contributed by atoms with van der Waals surface area (Å²) in [5.74, 6) is 0.00524. The number of ketones is 1. The zero-order valence-electron chi connectivity index (χ0n) is 12.6. The van der Waals surface area contributed by atoms with Crippen LogP contribution in [0.3, 0.4) is 0 Å². The number of allylic oxidation sites excluding steroid dienone is 2. The summed E-state index contributed by atoms with van der Waals surface area (Å²) < 4.78 is 5.24. The van der Waals surface area contributed by atoms with E-state index < -0.39 is 17.2 Å². The summed E-state index contributed by atoms with van der Waals surface area (Å²) in [6.45, 7) is 10.8. The number of alkyl carbamates (subject to hydrolysis) is 1. The fraction of sp³-hybridized carbons (Fsp3) is 0.600. The van der Waals surface area contributed by atoms with Gasteiger partial charge in [0.25, 0.3) is 0 Å². The monoisotopic (exact) mass is 265 g/mol. The van der Waals surface area contributed by atoms with Crippen LogP contribution in [0, 0.1) is 0 Å². The van der Waals surface area contributed by atoms with Crippen LogP contribution < -0.4 is 5.32 Å².